The normalized spacial score (nSPS) is 11.0. The number of phenolic OH excluding ortho intramolecular Hbond substituents is 2. The number of aromatic hydroxyl groups is 2. The second-order valence-electron chi connectivity index (χ2n) is 8.65. The van der Waals surface area contributed by atoms with Gasteiger partial charge in [-0.15, -0.1) is 0 Å². The molecule has 0 aliphatic heterocycles. The average molecular weight is 482 g/mol. The Morgan fingerprint density at radius 3 is 2.49 bits per heavy atom. The van der Waals surface area contributed by atoms with Crippen molar-refractivity contribution in [1.29, 1.82) is 0 Å². The van der Waals surface area contributed by atoms with E-state index in [2.05, 4.69) is 20.4 Å². The molecule has 2 aromatic heterocycles. The minimum atomic E-state index is -0.500. The van der Waals surface area contributed by atoms with Crippen LogP contribution in [0.4, 0.5) is 5.69 Å². The van der Waals surface area contributed by atoms with Gasteiger partial charge in [0.15, 0.2) is 23.8 Å². The van der Waals surface area contributed by atoms with Gasteiger partial charge in [-0.1, -0.05) is 25.1 Å². The first-order chi connectivity index (χ1) is 16.8. The predicted molar refractivity (Wildman–Crippen MR) is 131 cm³/mol. The van der Waals surface area contributed by atoms with E-state index in [1.165, 1.54) is 6.07 Å². The molecule has 9 heteroatoms. The lowest BCUT2D eigenvalue weighted by atomic mass is 9.97. The van der Waals surface area contributed by atoms with Crippen LogP contribution < -0.4 is 15.2 Å². The lowest BCUT2D eigenvalue weighted by Gasteiger charge is -2.12. The number of rotatable bonds is 11. The number of pyridine rings is 1. The Hall–Kier alpha value is -3.88. The molecule has 9 nitrogen and oxygen atoms in total. The Balaban J connectivity index is 1.76. The van der Waals surface area contributed by atoms with E-state index in [0.717, 1.165) is 19.4 Å². The van der Waals surface area contributed by atoms with Crippen LogP contribution in [0.1, 0.15) is 68.4 Å². The number of amides is 2. The van der Waals surface area contributed by atoms with Crippen molar-refractivity contribution in [3.63, 3.8) is 0 Å². The molecule has 0 unspecified atom stereocenters. The molecule has 2 heterocycles. The molecule has 3 rings (SSSR count). The third-order valence-electron chi connectivity index (χ3n) is 5.62. The Bertz CT molecular complexity index is 1160. The first kappa shape index (κ1) is 25.7. The van der Waals surface area contributed by atoms with E-state index in [0.29, 0.717) is 18.5 Å². The Morgan fingerprint density at radius 2 is 1.80 bits per heavy atom. The topological polar surface area (TPSA) is 129 Å². The summed E-state index contributed by atoms with van der Waals surface area (Å²) >= 11 is 0. The zero-order valence-electron chi connectivity index (χ0n) is 20.4. The average Bonchev–Trinajstić information content (AvgIpc) is 3.22. The van der Waals surface area contributed by atoms with Crippen LogP contribution in [0.5, 0.6) is 11.5 Å². The molecule has 0 fully saturated rings. The monoisotopic (exact) mass is 481 g/mol. The van der Waals surface area contributed by atoms with Gasteiger partial charge in [-0.3, -0.25) is 9.59 Å². The molecule has 1 aromatic carbocycles. The van der Waals surface area contributed by atoms with E-state index >= 15 is 0 Å². The number of nitrogens with one attached hydrogen (secondary N) is 2. The fraction of sp³-hybridized carbons (Fsp3) is 0.385. The van der Waals surface area contributed by atoms with Crippen LogP contribution in [0.2, 0.25) is 0 Å². The Morgan fingerprint density at radius 1 is 1.06 bits per heavy atom. The van der Waals surface area contributed by atoms with E-state index in [1.807, 2.05) is 44.4 Å². The minimum absolute atomic E-state index is 0.0350. The summed E-state index contributed by atoms with van der Waals surface area (Å²) < 4.78 is 7.52. The summed E-state index contributed by atoms with van der Waals surface area (Å²) in [5.74, 6) is -1.06. The molecular formula is C26H33N4O5+. The van der Waals surface area contributed by atoms with Crippen molar-refractivity contribution < 1.29 is 28.9 Å². The summed E-state index contributed by atoms with van der Waals surface area (Å²) in [6.45, 7) is 6.81. The molecule has 0 radical (unpaired) electrons. The molecule has 186 valence electrons. The van der Waals surface area contributed by atoms with Crippen LogP contribution in [0.15, 0.2) is 47.2 Å². The standard InChI is InChI=1S/C26H32N4O5/c1-4-27-26(34)24-23(28-22(33)11-7-5-8-12-30-13-9-6-10-14-30)25(35-29-24)19-15-18(17(2)3)20(31)16-21(19)32/h6,9-10,13-17H,4-5,7-8,11-12H2,1-3H3,(H3-,27,28,29,31,32,33,34)/p+1. The van der Waals surface area contributed by atoms with Gasteiger partial charge in [-0.25, -0.2) is 4.57 Å². The highest BCUT2D eigenvalue weighted by Gasteiger charge is 2.27. The third-order valence-corrected chi connectivity index (χ3v) is 5.62. The van der Waals surface area contributed by atoms with E-state index in [9.17, 15) is 19.8 Å². The van der Waals surface area contributed by atoms with E-state index in [-0.39, 0.29) is 52.4 Å². The molecule has 4 N–H and O–H groups in total. The van der Waals surface area contributed by atoms with Gasteiger partial charge in [-0.2, -0.15) is 0 Å². The molecule has 0 saturated carbocycles. The smallest absolute Gasteiger partial charge is 0.275 e. The SMILES string of the molecule is CCNC(=O)c1noc(-c2cc(C(C)C)c(O)cc2O)c1NC(=O)CCCCC[n+]1ccccc1. The molecule has 0 atom stereocenters. The number of unbranched alkanes of at least 4 members (excludes halogenated alkanes) is 2. The minimum Gasteiger partial charge on any atom is -0.508 e. The van der Waals surface area contributed by atoms with Crippen molar-refractivity contribution in [3.8, 4) is 22.8 Å². The highest BCUT2D eigenvalue weighted by atomic mass is 16.5. The number of aromatic nitrogens is 2. The summed E-state index contributed by atoms with van der Waals surface area (Å²) in [5.41, 5.74) is 0.831. The van der Waals surface area contributed by atoms with Crippen LogP contribution >= 0.6 is 0 Å². The number of hydrogen-bond acceptors (Lipinski definition) is 6. The van der Waals surface area contributed by atoms with Gasteiger partial charge in [0.25, 0.3) is 5.91 Å². The molecule has 0 saturated heterocycles. The van der Waals surface area contributed by atoms with Crippen molar-refractivity contribution in [2.24, 2.45) is 0 Å². The first-order valence-corrected chi connectivity index (χ1v) is 11.9. The Labute approximate surface area is 204 Å². The van der Waals surface area contributed by atoms with Gasteiger partial charge < -0.3 is 25.4 Å². The van der Waals surface area contributed by atoms with Crippen LogP contribution in [-0.2, 0) is 11.3 Å². The van der Waals surface area contributed by atoms with Gasteiger partial charge in [0.2, 0.25) is 5.91 Å². The fourth-order valence-corrected chi connectivity index (χ4v) is 3.77. The van der Waals surface area contributed by atoms with Crippen molar-refractivity contribution >= 4 is 17.5 Å². The Kier molecular flexibility index (Phi) is 8.83. The number of hydrogen-bond donors (Lipinski definition) is 4. The van der Waals surface area contributed by atoms with Crippen molar-refractivity contribution in [2.45, 2.75) is 58.9 Å². The lowest BCUT2D eigenvalue weighted by molar-refractivity contribution is -0.697. The third kappa shape index (κ3) is 6.59. The van der Waals surface area contributed by atoms with Gasteiger partial charge in [-0.05, 0) is 37.3 Å². The fourth-order valence-electron chi connectivity index (χ4n) is 3.77. The highest BCUT2D eigenvalue weighted by molar-refractivity contribution is 6.05. The number of nitrogens with zero attached hydrogens (tertiary/aromatic N) is 2. The summed E-state index contributed by atoms with van der Waals surface area (Å²) in [7, 11) is 0. The van der Waals surface area contributed by atoms with Crippen molar-refractivity contribution in [1.82, 2.24) is 10.5 Å². The number of aryl methyl sites for hydroxylation is 1. The first-order valence-electron chi connectivity index (χ1n) is 11.9. The molecule has 0 spiro atoms. The highest BCUT2D eigenvalue weighted by Crippen LogP contribution is 2.41. The van der Waals surface area contributed by atoms with Crippen LogP contribution in [0, 0.1) is 0 Å². The molecule has 3 aromatic rings. The van der Waals surface area contributed by atoms with E-state index in [4.69, 9.17) is 4.52 Å². The van der Waals surface area contributed by atoms with Gasteiger partial charge >= 0.3 is 0 Å². The maximum Gasteiger partial charge on any atom is 0.275 e. The molecule has 35 heavy (non-hydrogen) atoms. The van der Waals surface area contributed by atoms with E-state index in [1.54, 1.807) is 13.0 Å². The van der Waals surface area contributed by atoms with Gasteiger partial charge in [0.05, 0.1) is 5.56 Å². The summed E-state index contributed by atoms with van der Waals surface area (Å²) in [4.78, 5) is 25.3. The number of carbonyl (C=O) groups excluding carboxylic acids is 2. The maximum absolute atomic E-state index is 12.8. The molecule has 0 bridgehead atoms. The second kappa shape index (κ2) is 12.0. The van der Waals surface area contributed by atoms with Crippen LogP contribution in [0.25, 0.3) is 11.3 Å². The predicted octanol–water partition coefficient (Wildman–Crippen LogP) is 4.11. The zero-order valence-corrected chi connectivity index (χ0v) is 20.4. The zero-order chi connectivity index (χ0) is 25.4. The van der Waals surface area contributed by atoms with Gasteiger partial charge in [0.1, 0.15) is 23.7 Å². The lowest BCUT2D eigenvalue weighted by Crippen LogP contribution is -2.32. The molecule has 2 amide bonds. The summed E-state index contributed by atoms with van der Waals surface area (Å²) in [5, 5.41) is 30.0. The number of anilines is 1. The quantitative estimate of drug-likeness (QED) is 0.241. The second-order valence-corrected chi connectivity index (χ2v) is 8.65. The van der Waals surface area contributed by atoms with Crippen molar-refractivity contribution in [3.05, 3.63) is 54.0 Å². The van der Waals surface area contributed by atoms with E-state index < -0.39 is 5.91 Å². The molecular weight excluding hydrogens is 448 g/mol. The molecule has 0 aliphatic rings. The van der Waals surface area contributed by atoms with Crippen molar-refractivity contribution in [2.75, 3.05) is 11.9 Å². The summed E-state index contributed by atoms with van der Waals surface area (Å²) in [6.07, 6.45) is 6.75. The maximum atomic E-state index is 12.8. The molecule has 0 aliphatic carbocycles. The number of carbonyl (C=O) groups is 2. The largest absolute Gasteiger partial charge is 0.508 e. The van der Waals surface area contributed by atoms with Crippen LogP contribution in [0.3, 0.4) is 0 Å². The van der Waals surface area contributed by atoms with Crippen LogP contribution in [-0.4, -0.2) is 33.7 Å². The summed E-state index contributed by atoms with van der Waals surface area (Å²) in [6, 6.07) is 8.72. The number of benzene rings is 1. The number of phenols is 2. The van der Waals surface area contributed by atoms with Gasteiger partial charge in [0, 0.05) is 37.6 Å².